The van der Waals surface area contributed by atoms with Crippen molar-refractivity contribution < 1.29 is 18.7 Å². The smallest absolute Gasteiger partial charge is 0.307 e. The average Bonchev–Trinajstić information content (AvgIpc) is 2.47. The summed E-state index contributed by atoms with van der Waals surface area (Å²) < 4.78 is 17.4. The van der Waals surface area contributed by atoms with Crippen LogP contribution in [0.4, 0.5) is 10.1 Å². The van der Waals surface area contributed by atoms with E-state index in [4.69, 9.17) is 0 Å². The van der Waals surface area contributed by atoms with Crippen molar-refractivity contribution in [3.63, 3.8) is 0 Å². The van der Waals surface area contributed by atoms with Gasteiger partial charge in [0.25, 0.3) is 0 Å². The van der Waals surface area contributed by atoms with Crippen LogP contribution in [0.15, 0.2) is 24.3 Å². The van der Waals surface area contributed by atoms with Gasteiger partial charge in [0.1, 0.15) is 5.82 Å². The fourth-order valence-corrected chi connectivity index (χ4v) is 1.74. The molecule has 0 radical (unpaired) electrons. The first-order valence-corrected chi connectivity index (χ1v) is 6.76. The van der Waals surface area contributed by atoms with E-state index in [1.165, 1.54) is 31.4 Å². The fourth-order valence-electron chi connectivity index (χ4n) is 1.74. The molecule has 0 spiro atoms. The molecule has 1 rings (SSSR count). The standard InChI is InChI=1S/C15H21FN2O3/c1-4-15(2,9-14(20)21-3)17-10-13(19)18-12-7-5-11(16)6-8-12/h5-8,17H,4,9-10H2,1-3H3,(H,18,19)/t15-/m0/s1. The molecule has 0 heterocycles. The predicted octanol–water partition coefficient (Wildman–Crippen LogP) is 2.09. The van der Waals surface area contributed by atoms with Crippen molar-refractivity contribution in [3.05, 3.63) is 30.1 Å². The zero-order chi connectivity index (χ0) is 15.9. The molecule has 21 heavy (non-hydrogen) atoms. The van der Waals surface area contributed by atoms with Gasteiger partial charge < -0.3 is 15.4 Å². The van der Waals surface area contributed by atoms with Crippen molar-refractivity contribution in [2.75, 3.05) is 19.0 Å². The summed E-state index contributed by atoms with van der Waals surface area (Å²) in [6.07, 6.45) is 0.857. The van der Waals surface area contributed by atoms with Crippen LogP contribution in [-0.4, -0.2) is 31.1 Å². The third-order valence-electron chi connectivity index (χ3n) is 3.35. The number of halogens is 1. The van der Waals surface area contributed by atoms with Crippen LogP contribution < -0.4 is 10.6 Å². The van der Waals surface area contributed by atoms with E-state index >= 15 is 0 Å². The Balaban J connectivity index is 2.50. The maximum Gasteiger partial charge on any atom is 0.307 e. The highest BCUT2D eigenvalue weighted by atomic mass is 19.1. The number of carbonyl (C=O) groups excluding carboxylic acids is 2. The number of amides is 1. The van der Waals surface area contributed by atoms with E-state index in [0.717, 1.165) is 0 Å². The molecule has 1 atom stereocenters. The minimum absolute atomic E-state index is 0.0543. The van der Waals surface area contributed by atoms with Crippen LogP contribution in [0.1, 0.15) is 26.7 Å². The van der Waals surface area contributed by atoms with Crippen molar-refractivity contribution in [1.82, 2.24) is 5.32 Å². The molecule has 0 aliphatic carbocycles. The van der Waals surface area contributed by atoms with Gasteiger partial charge in [-0.15, -0.1) is 0 Å². The Morgan fingerprint density at radius 2 is 1.90 bits per heavy atom. The average molecular weight is 296 g/mol. The molecule has 0 aliphatic heterocycles. The van der Waals surface area contributed by atoms with Crippen LogP contribution in [0.3, 0.4) is 0 Å². The molecule has 1 aromatic carbocycles. The van der Waals surface area contributed by atoms with E-state index in [-0.39, 0.29) is 30.7 Å². The van der Waals surface area contributed by atoms with E-state index in [1.807, 2.05) is 13.8 Å². The van der Waals surface area contributed by atoms with Gasteiger partial charge in [0.2, 0.25) is 5.91 Å². The number of hydrogen-bond acceptors (Lipinski definition) is 4. The summed E-state index contributed by atoms with van der Waals surface area (Å²) in [6, 6.07) is 5.52. The van der Waals surface area contributed by atoms with Gasteiger partial charge in [-0.2, -0.15) is 0 Å². The molecule has 0 unspecified atom stereocenters. The Kier molecular flexibility index (Phi) is 6.30. The normalized spacial score (nSPS) is 13.3. The van der Waals surface area contributed by atoms with Gasteiger partial charge in [-0.25, -0.2) is 4.39 Å². The Morgan fingerprint density at radius 1 is 1.29 bits per heavy atom. The third-order valence-corrected chi connectivity index (χ3v) is 3.35. The lowest BCUT2D eigenvalue weighted by Crippen LogP contribution is -2.47. The molecule has 2 N–H and O–H groups in total. The quantitative estimate of drug-likeness (QED) is 0.756. The van der Waals surface area contributed by atoms with Gasteiger partial charge in [-0.3, -0.25) is 9.59 Å². The first-order chi connectivity index (χ1) is 9.88. The van der Waals surface area contributed by atoms with Crippen molar-refractivity contribution in [2.24, 2.45) is 0 Å². The summed E-state index contributed by atoms with van der Waals surface area (Å²) in [6.45, 7) is 3.83. The molecule has 0 bridgehead atoms. The van der Waals surface area contributed by atoms with E-state index in [0.29, 0.717) is 12.1 Å². The maximum absolute atomic E-state index is 12.8. The molecule has 0 saturated carbocycles. The van der Waals surface area contributed by atoms with Gasteiger partial charge in [-0.1, -0.05) is 6.92 Å². The molecule has 5 nitrogen and oxygen atoms in total. The lowest BCUT2D eigenvalue weighted by molar-refractivity contribution is -0.142. The second-order valence-electron chi connectivity index (χ2n) is 5.08. The molecule has 0 fully saturated rings. The zero-order valence-electron chi connectivity index (χ0n) is 12.5. The Labute approximate surface area is 123 Å². The van der Waals surface area contributed by atoms with E-state index in [9.17, 15) is 14.0 Å². The number of esters is 1. The molecule has 1 aromatic rings. The summed E-state index contributed by atoms with van der Waals surface area (Å²) in [4.78, 5) is 23.2. The first-order valence-electron chi connectivity index (χ1n) is 6.76. The van der Waals surface area contributed by atoms with E-state index in [1.54, 1.807) is 0 Å². The van der Waals surface area contributed by atoms with Gasteiger partial charge in [0.05, 0.1) is 20.1 Å². The maximum atomic E-state index is 12.8. The Hall–Kier alpha value is -1.95. The number of benzene rings is 1. The predicted molar refractivity (Wildman–Crippen MR) is 78.4 cm³/mol. The van der Waals surface area contributed by atoms with Crippen LogP contribution in [0, 0.1) is 5.82 Å². The van der Waals surface area contributed by atoms with Crippen LogP contribution in [0.2, 0.25) is 0 Å². The third kappa shape index (κ3) is 5.91. The summed E-state index contributed by atoms with van der Waals surface area (Å²) in [5.41, 5.74) is 0.0158. The molecular weight excluding hydrogens is 275 g/mol. The summed E-state index contributed by atoms with van der Waals surface area (Å²) in [5, 5.41) is 5.70. The number of hydrogen-bond donors (Lipinski definition) is 2. The summed E-state index contributed by atoms with van der Waals surface area (Å²) in [5.74, 6) is -0.945. The molecular formula is C15H21FN2O3. The first kappa shape index (κ1) is 17.1. The largest absolute Gasteiger partial charge is 0.469 e. The summed E-state index contributed by atoms with van der Waals surface area (Å²) in [7, 11) is 1.33. The highest BCUT2D eigenvalue weighted by molar-refractivity contribution is 5.92. The number of rotatable bonds is 7. The topological polar surface area (TPSA) is 67.4 Å². The van der Waals surface area contributed by atoms with Crippen molar-refractivity contribution in [3.8, 4) is 0 Å². The summed E-state index contributed by atoms with van der Waals surface area (Å²) >= 11 is 0. The number of anilines is 1. The van der Waals surface area contributed by atoms with Gasteiger partial charge >= 0.3 is 5.97 Å². The fraction of sp³-hybridized carbons (Fsp3) is 0.467. The molecule has 1 amide bonds. The van der Waals surface area contributed by atoms with Crippen molar-refractivity contribution in [2.45, 2.75) is 32.2 Å². The number of methoxy groups -OCH3 is 1. The second-order valence-corrected chi connectivity index (χ2v) is 5.08. The SMILES string of the molecule is CC[C@@](C)(CC(=O)OC)NCC(=O)Nc1ccc(F)cc1. The monoisotopic (exact) mass is 296 g/mol. The minimum Gasteiger partial charge on any atom is -0.469 e. The van der Waals surface area contributed by atoms with Crippen LogP contribution >= 0.6 is 0 Å². The molecule has 0 aromatic heterocycles. The Morgan fingerprint density at radius 3 is 2.43 bits per heavy atom. The minimum atomic E-state index is -0.507. The van der Waals surface area contributed by atoms with Gasteiger partial charge in [0, 0.05) is 11.2 Å². The Bertz CT molecular complexity index is 490. The van der Waals surface area contributed by atoms with Crippen molar-refractivity contribution >= 4 is 17.6 Å². The zero-order valence-corrected chi connectivity index (χ0v) is 12.5. The molecule has 0 saturated heterocycles. The molecule has 116 valence electrons. The van der Waals surface area contributed by atoms with Crippen molar-refractivity contribution in [1.29, 1.82) is 0 Å². The number of ether oxygens (including phenoxy) is 1. The van der Waals surface area contributed by atoms with Crippen LogP contribution in [-0.2, 0) is 14.3 Å². The molecule has 0 aliphatic rings. The van der Waals surface area contributed by atoms with E-state index < -0.39 is 5.54 Å². The lowest BCUT2D eigenvalue weighted by atomic mass is 9.94. The highest BCUT2D eigenvalue weighted by Gasteiger charge is 2.26. The molecule has 6 heteroatoms. The lowest BCUT2D eigenvalue weighted by Gasteiger charge is -2.28. The number of carbonyl (C=O) groups is 2. The van der Waals surface area contributed by atoms with Crippen LogP contribution in [0.5, 0.6) is 0 Å². The van der Waals surface area contributed by atoms with Gasteiger partial charge in [-0.05, 0) is 37.6 Å². The van der Waals surface area contributed by atoms with Gasteiger partial charge in [0.15, 0.2) is 0 Å². The van der Waals surface area contributed by atoms with Crippen LogP contribution in [0.25, 0.3) is 0 Å². The number of nitrogens with one attached hydrogen (secondary N) is 2. The van der Waals surface area contributed by atoms with E-state index in [2.05, 4.69) is 15.4 Å². The second kappa shape index (κ2) is 7.73. The highest BCUT2D eigenvalue weighted by Crippen LogP contribution is 2.15.